The highest BCUT2D eigenvalue weighted by atomic mass is 19.1. The van der Waals surface area contributed by atoms with Crippen molar-refractivity contribution in [3.8, 4) is 5.75 Å². The predicted octanol–water partition coefficient (Wildman–Crippen LogP) is 6.83. The Morgan fingerprint density at radius 2 is 1.85 bits per heavy atom. The number of carbonyl (C=O) groups is 1. The van der Waals surface area contributed by atoms with E-state index in [1.165, 1.54) is 19.3 Å². The summed E-state index contributed by atoms with van der Waals surface area (Å²) in [7, 11) is 0. The molecule has 0 N–H and O–H groups in total. The van der Waals surface area contributed by atoms with Crippen LogP contribution in [0.5, 0.6) is 5.75 Å². The zero-order valence-electron chi connectivity index (χ0n) is 19.7. The third-order valence-corrected chi connectivity index (χ3v) is 7.33. The second-order valence-corrected chi connectivity index (χ2v) is 9.63. The lowest BCUT2D eigenvalue weighted by atomic mass is 9.78. The first-order chi connectivity index (χ1) is 16.1. The summed E-state index contributed by atoms with van der Waals surface area (Å²) in [4.78, 5) is 12.7. The van der Waals surface area contributed by atoms with Crippen LogP contribution >= 0.6 is 0 Å². The Labute approximate surface area is 196 Å². The lowest BCUT2D eigenvalue weighted by Gasteiger charge is -2.28. The molecule has 1 unspecified atom stereocenters. The van der Waals surface area contributed by atoms with E-state index in [0.717, 1.165) is 55.7 Å². The fraction of sp³-hybridized carbons (Fsp3) is 0.536. The molecule has 1 aromatic carbocycles. The largest absolute Gasteiger partial charge is 0.423 e. The van der Waals surface area contributed by atoms with Gasteiger partial charge in [-0.05, 0) is 87.0 Å². The molecule has 1 aliphatic carbocycles. The summed E-state index contributed by atoms with van der Waals surface area (Å²) in [6.07, 6.45) is 13.2. The van der Waals surface area contributed by atoms with Crippen molar-refractivity contribution in [3.05, 3.63) is 65.3 Å². The molecule has 0 spiro atoms. The first-order valence-electron chi connectivity index (χ1n) is 12.6. The quantitative estimate of drug-likeness (QED) is 0.182. The highest BCUT2D eigenvalue weighted by Crippen LogP contribution is 2.38. The monoisotopic (exact) mass is 450 g/mol. The van der Waals surface area contributed by atoms with Gasteiger partial charge in [0.2, 0.25) is 0 Å². The summed E-state index contributed by atoms with van der Waals surface area (Å²) in [6.45, 7) is 5.95. The minimum atomic E-state index is -0.543. The number of aryl methyl sites for hydroxylation is 1. The molecule has 2 heterocycles. The molecule has 0 radical (unpaired) electrons. The number of aromatic nitrogens is 2. The van der Waals surface area contributed by atoms with E-state index >= 15 is 0 Å². The average Bonchev–Trinajstić information content (AvgIpc) is 2.85. The molecular formula is C28H35FN2O2. The van der Waals surface area contributed by atoms with Crippen molar-refractivity contribution in [2.45, 2.75) is 89.4 Å². The fourth-order valence-electron chi connectivity index (χ4n) is 5.22. The van der Waals surface area contributed by atoms with Gasteiger partial charge in [0.15, 0.2) is 11.6 Å². The summed E-state index contributed by atoms with van der Waals surface area (Å²) in [5, 5.41) is 8.88. The lowest BCUT2D eigenvalue weighted by molar-refractivity contribution is -0.137. The van der Waals surface area contributed by atoms with Crippen LogP contribution in [0.1, 0.15) is 99.1 Å². The molecule has 0 bridgehead atoms. The molecule has 4 nitrogen and oxygen atoms in total. The molecular weight excluding hydrogens is 415 g/mol. The van der Waals surface area contributed by atoms with Gasteiger partial charge < -0.3 is 4.74 Å². The lowest BCUT2D eigenvalue weighted by Crippen LogP contribution is -2.28. The van der Waals surface area contributed by atoms with E-state index in [4.69, 9.17) is 4.74 Å². The number of nitrogens with zero attached hydrogens (tertiary/aromatic N) is 2. The van der Waals surface area contributed by atoms with Gasteiger partial charge in [-0.2, -0.15) is 10.2 Å². The summed E-state index contributed by atoms with van der Waals surface area (Å²) in [6, 6.07) is 7.64. The number of hydrogen-bond acceptors (Lipinski definition) is 4. The number of fused-ring (bicyclic) bond motifs is 1. The van der Waals surface area contributed by atoms with Crippen LogP contribution < -0.4 is 4.74 Å². The number of allylic oxidation sites excluding steroid dienone is 1. The molecule has 1 saturated carbocycles. The number of ether oxygens (including phenoxy) is 1. The maximum Gasteiger partial charge on any atom is 0.320 e. The third-order valence-electron chi connectivity index (χ3n) is 7.33. The Bertz CT molecular complexity index is 965. The average molecular weight is 451 g/mol. The Hall–Kier alpha value is -2.56. The molecule has 5 heteroatoms. The van der Waals surface area contributed by atoms with E-state index in [2.05, 4.69) is 23.7 Å². The van der Waals surface area contributed by atoms with Crippen molar-refractivity contribution in [3.63, 3.8) is 0 Å². The zero-order chi connectivity index (χ0) is 23.2. The van der Waals surface area contributed by atoms with Crippen LogP contribution in [0.2, 0.25) is 0 Å². The van der Waals surface area contributed by atoms with Gasteiger partial charge in [0.05, 0.1) is 11.4 Å². The number of hydrogen-bond donors (Lipinski definition) is 0. The fourth-order valence-corrected chi connectivity index (χ4v) is 5.22. The van der Waals surface area contributed by atoms with Crippen molar-refractivity contribution >= 4 is 5.97 Å². The molecule has 0 amide bonds. The van der Waals surface area contributed by atoms with Crippen molar-refractivity contribution in [2.75, 3.05) is 0 Å². The third kappa shape index (κ3) is 5.51. The molecule has 2 aliphatic rings. The molecule has 1 aliphatic heterocycles. The highest BCUT2D eigenvalue weighted by molar-refractivity contribution is 5.82. The van der Waals surface area contributed by atoms with Gasteiger partial charge >= 0.3 is 5.97 Å². The Morgan fingerprint density at radius 1 is 1.09 bits per heavy atom. The molecule has 1 aromatic heterocycles. The second-order valence-electron chi connectivity index (χ2n) is 9.63. The Morgan fingerprint density at radius 3 is 2.55 bits per heavy atom. The van der Waals surface area contributed by atoms with Crippen LogP contribution in [0.25, 0.3) is 0 Å². The molecule has 176 valence electrons. The first kappa shape index (κ1) is 23.6. The number of rotatable bonds is 9. The summed E-state index contributed by atoms with van der Waals surface area (Å²) < 4.78 is 20.4. The minimum absolute atomic E-state index is 0.100. The second kappa shape index (κ2) is 11.0. The number of halogens is 1. The van der Waals surface area contributed by atoms with Gasteiger partial charge in [0.1, 0.15) is 5.92 Å². The van der Waals surface area contributed by atoms with E-state index in [1.54, 1.807) is 0 Å². The van der Waals surface area contributed by atoms with E-state index in [9.17, 15) is 9.18 Å². The van der Waals surface area contributed by atoms with Crippen LogP contribution in [0.4, 0.5) is 4.39 Å². The van der Waals surface area contributed by atoms with Gasteiger partial charge in [0, 0.05) is 5.92 Å². The maximum absolute atomic E-state index is 14.9. The highest BCUT2D eigenvalue weighted by Gasteiger charge is 2.34. The topological polar surface area (TPSA) is 52.1 Å². The van der Waals surface area contributed by atoms with Crippen LogP contribution in [0, 0.1) is 11.7 Å². The standard InChI is InChI=1S/C28H35FN2O2/c1-3-5-7-9-21-14-15-22-18-23(28(32)33-27(22)26(21)29)25-17-16-24(30-31-25)20-12-10-19(11-13-20)8-6-4-2/h4,14-17,19-20,23H,2-3,5-13,18H2,1H3. The normalized spacial score (nSPS) is 22.5. The minimum Gasteiger partial charge on any atom is -0.423 e. The van der Waals surface area contributed by atoms with Crippen molar-refractivity contribution in [1.29, 1.82) is 0 Å². The van der Waals surface area contributed by atoms with E-state index in [-0.39, 0.29) is 11.6 Å². The molecule has 33 heavy (non-hydrogen) atoms. The molecule has 1 fully saturated rings. The number of carbonyl (C=O) groups excluding carboxylic acids is 1. The first-order valence-corrected chi connectivity index (χ1v) is 12.6. The number of esters is 1. The number of benzene rings is 1. The summed E-state index contributed by atoms with van der Waals surface area (Å²) in [5.41, 5.74) is 2.95. The van der Waals surface area contributed by atoms with E-state index in [1.807, 2.05) is 30.3 Å². The Balaban J connectivity index is 1.41. The van der Waals surface area contributed by atoms with E-state index in [0.29, 0.717) is 30.0 Å². The van der Waals surface area contributed by atoms with Gasteiger partial charge in [-0.1, -0.05) is 38.0 Å². The SMILES string of the molecule is C=CCCC1CCC(c2ccc(C3Cc4ccc(CCCCC)c(F)c4OC3=O)nn2)CC1. The molecule has 0 saturated heterocycles. The van der Waals surface area contributed by atoms with Crippen LogP contribution in [-0.2, 0) is 17.6 Å². The van der Waals surface area contributed by atoms with Crippen LogP contribution in [-0.4, -0.2) is 16.2 Å². The van der Waals surface area contributed by atoms with Crippen molar-refractivity contribution in [2.24, 2.45) is 5.92 Å². The predicted molar refractivity (Wildman–Crippen MR) is 128 cm³/mol. The maximum atomic E-state index is 14.9. The smallest absolute Gasteiger partial charge is 0.320 e. The summed E-state index contributed by atoms with van der Waals surface area (Å²) in [5.74, 6) is -0.0543. The van der Waals surface area contributed by atoms with Gasteiger partial charge in [-0.25, -0.2) is 4.39 Å². The van der Waals surface area contributed by atoms with Gasteiger partial charge in [-0.15, -0.1) is 6.58 Å². The van der Waals surface area contributed by atoms with Crippen LogP contribution in [0.3, 0.4) is 0 Å². The zero-order valence-corrected chi connectivity index (χ0v) is 19.7. The number of unbranched alkanes of at least 4 members (excludes halogenated alkanes) is 2. The van der Waals surface area contributed by atoms with Crippen molar-refractivity contribution in [1.82, 2.24) is 10.2 Å². The Kier molecular flexibility index (Phi) is 7.89. The van der Waals surface area contributed by atoms with Gasteiger partial charge in [-0.3, -0.25) is 4.79 Å². The molecule has 2 aromatic rings. The van der Waals surface area contributed by atoms with Crippen molar-refractivity contribution < 1.29 is 13.9 Å². The summed E-state index contributed by atoms with van der Waals surface area (Å²) >= 11 is 0. The molecule has 1 atom stereocenters. The van der Waals surface area contributed by atoms with Crippen LogP contribution in [0.15, 0.2) is 36.9 Å². The molecule has 4 rings (SSSR count). The van der Waals surface area contributed by atoms with Gasteiger partial charge in [0.25, 0.3) is 0 Å². The van der Waals surface area contributed by atoms with E-state index < -0.39 is 11.9 Å².